The van der Waals surface area contributed by atoms with Crippen LogP contribution in [0, 0.1) is 12.8 Å². The highest BCUT2D eigenvalue weighted by Crippen LogP contribution is 2.17. The fraction of sp³-hybridized carbons (Fsp3) is 0.600. The number of hydrogen-bond donors (Lipinski definition) is 1. The molecule has 1 fully saturated rings. The van der Waals surface area contributed by atoms with Gasteiger partial charge in [0.1, 0.15) is 11.5 Å². The van der Waals surface area contributed by atoms with E-state index in [1.54, 1.807) is 4.90 Å². The van der Waals surface area contributed by atoms with Crippen molar-refractivity contribution in [1.82, 2.24) is 9.80 Å². The van der Waals surface area contributed by atoms with Crippen LogP contribution in [0.1, 0.15) is 24.4 Å². The van der Waals surface area contributed by atoms with Gasteiger partial charge in [-0.25, -0.2) is 0 Å². The first-order valence-electron chi connectivity index (χ1n) is 7.20. The third-order valence-electron chi connectivity index (χ3n) is 3.82. The Morgan fingerprint density at radius 2 is 2.05 bits per heavy atom. The van der Waals surface area contributed by atoms with Gasteiger partial charge < -0.3 is 14.4 Å². The van der Waals surface area contributed by atoms with Crippen LogP contribution in [0.4, 0.5) is 0 Å². The smallest absolute Gasteiger partial charge is 0.306 e. The van der Waals surface area contributed by atoms with Crippen LogP contribution in [0.15, 0.2) is 16.5 Å². The number of hydrogen-bond acceptors (Lipinski definition) is 4. The molecule has 2 rings (SSSR count). The summed E-state index contributed by atoms with van der Waals surface area (Å²) in [5.74, 6) is 0.683. The van der Waals surface area contributed by atoms with Crippen LogP contribution in [-0.2, 0) is 16.1 Å². The molecule has 0 saturated carbocycles. The van der Waals surface area contributed by atoms with Gasteiger partial charge in [0.15, 0.2) is 0 Å². The van der Waals surface area contributed by atoms with Crippen molar-refractivity contribution >= 4 is 11.9 Å². The molecule has 1 aliphatic heterocycles. The molecule has 1 aliphatic rings. The van der Waals surface area contributed by atoms with E-state index in [1.807, 2.05) is 31.0 Å². The number of likely N-dealkylation sites (tertiary alicyclic amines) is 1. The van der Waals surface area contributed by atoms with Crippen LogP contribution in [0.2, 0.25) is 0 Å². The van der Waals surface area contributed by atoms with Gasteiger partial charge in [-0.2, -0.15) is 0 Å². The van der Waals surface area contributed by atoms with Crippen molar-refractivity contribution in [2.75, 3.05) is 26.7 Å². The molecule has 0 aliphatic carbocycles. The molecule has 1 saturated heterocycles. The van der Waals surface area contributed by atoms with Crippen molar-refractivity contribution in [3.8, 4) is 0 Å². The van der Waals surface area contributed by atoms with E-state index in [4.69, 9.17) is 9.52 Å². The lowest BCUT2D eigenvalue weighted by atomic mass is 9.97. The summed E-state index contributed by atoms with van der Waals surface area (Å²) in [6.07, 6.45) is 1.09. The highest BCUT2D eigenvalue weighted by Gasteiger charge is 2.27. The number of piperidine rings is 1. The van der Waals surface area contributed by atoms with Crippen molar-refractivity contribution in [1.29, 1.82) is 0 Å². The third-order valence-corrected chi connectivity index (χ3v) is 3.82. The summed E-state index contributed by atoms with van der Waals surface area (Å²) in [4.78, 5) is 26.7. The molecule has 0 aromatic carbocycles. The van der Waals surface area contributed by atoms with Crippen molar-refractivity contribution in [2.45, 2.75) is 26.3 Å². The minimum atomic E-state index is -0.757. The van der Waals surface area contributed by atoms with Gasteiger partial charge >= 0.3 is 5.97 Å². The van der Waals surface area contributed by atoms with Gasteiger partial charge in [-0.1, -0.05) is 0 Å². The van der Waals surface area contributed by atoms with Crippen LogP contribution < -0.4 is 0 Å². The summed E-state index contributed by atoms with van der Waals surface area (Å²) in [6, 6.07) is 3.82. The lowest BCUT2D eigenvalue weighted by Crippen LogP contribution is -2.44. The van der Waals surface area contributed by atoms with Gasteiger partial charge in [0, 0.05) is 13.1 Å². The second kappa shape index (κ2) is 6.76. The molecule has 21 heavy (non-hydrogen) atoms. The lowest BCUT2D eigenvalue weighted by Gasteiger charge is -2.31. The second-order valence-corrected chi connectivity index (χ2v) is 5.68. The van der Waals surface area contributed by atoms with Crippen LogP contribution in [0.5, 0.6) is 0 Å². The first-order chi connectivity index (χ1) is 9.95. The van der Waals surface area contributed by atoms with E-state index in [0.717, 1.165) is 11.5 Å². The maximum atomic E-state index is 12.2. The zero-order valence-corrected chi connectivity index (χ0v) is 12.5. The van der Waals surface area contributed by atoms with E-state index in [9.17, 15) is 9.59 Å². The van der Waals surface area contributed by atoms with Crippen molar-refractivity contribution in [3.05, 3.63) is 23.7 Å². The normalized spacial score (nSPS) is 16.4. The highest BCUT2D eigenvalue weighted by molar-refractivity contribution is 5.78. The second-order valence-electron chi connectivity index (χ2n) is 5.68. The number of nitrogens with zero attached hydrogens (tertiary/aromatic N) is 2. The minimum Gasteiger partial charge on any atom is -0.481 e. The van der Waals surface area contributed by atoms with Crippen molar-refractivity contribution in [3.63, 3.8) is 0 Å². The van der Waals surface area contributed by atoms with E-state index in [1.165, 1.54) is 0 Å². The Morgan fingerprint density at radius 3 is 2.57 bits per heavy atom. The molecule has 0 radical (unpaired) electrons. The minimum absolute atomic E-state index is 0.0459. The largest absolute Gasteiger partial charge is 0.481 e. The first kappa shape index (κ1) is 15.6. The number of likely N-dealkylation sites (N-methyl/N-ethyl adjacent to an activating group) is 1. The molecule has 116 valence electrons. The maximum Gasteiger partial charge on any atom is 0.306 e. The Kier molecular flexibility index (Phi) is 5.01. The van der Waals surface area contributed by atoms with Crippen molar-refractivity contribution < 1.29 is 19.1 Å². The molecule has 1 N–H and O–H groups in total. The molecular formula is C15H22N2O4. The fourth-order valence-electron chi connectivity index (χ4n) is 2.60. The van der Waals surface area contributed by atoms with E-state index >= 15 is 0 Å². The molecule has 6 nitrogen and oxygen atoms in total. The topological polar surface area (TPSA) is 74.0 Å². The van der Waals surface area contributed by atoms with Gasteiger partial charge in [0.25, 0.3) is 0 Å². The van der Waals surface area contributed by atoms with Gasteiger partial charge in [-0.15, -0.1) is 0 Å². The predicted molar refractivity (Wildman–Crippen MR) is 76.7 cm³/mol. The Hall–Kier alpha value is -1.82. The lowest BCUT2D eigenvalue weighted by molar-refractivity contribution is -0.145. The molecule has 0 bridgehead atoms. The average Bonchev–Trinajstić information content (AvgIpc) is 2.83. The SMILES string of the molecule is Cc1ccc(CN(C)CC(=O)N2CCC(C(=O)O)CC2)o1. The summed E-state index contributed by atoms with van der Waals surface area (Å²) in [5, 5.41) is 8.95. The Balaban J connectivity index is 1.77. The van der Waals surface area contributed by atoms with E-state index in [0.29, 0.717) is 39.0 Å². The number of amides is 1. The standard InChI is InChI=1S/C15H22N2O4/c1-11-3-4-13(21-11)9-16(2)10-14(18)17-7-5-12(6-8-17)15(19)20/h3-4,12H,5-10H2,1-2H3,(H,19,20). The molecule has 1 aromatic heterocycles. The number of aryl methyl sites for hydroxylation is 1. The first-order valence-corrected chi connectivity index (χ1v) is 7.20. The van der Waals surface area contributed by atoms with E-state index < -0.39 is 5.97 Å². The Morgan fingerprint density at radius 1 is 1.38 bits per heavy atom. The maximum absolute atomic E-state index is 12.2. The van der Waals surface area contributed by atoms with Gasteiger partial charge in [0.05, 0.1) is 19.0 Å². The molecule has 0 unspecified atom stereocenters. The van der Waals surface area contributed by atoms with E-state index in [-0.39, 0.29) is 11.8 Å². The van der Waals surface area contributed by atoms with Crippen LogP contribution >= 0.6 is 0 Å². The number of rotatable bonds is 5. The third kappa shape index (κ3) is 4.32. The fourth-order valence-corrected chi connectivity index (χ4v) is 2.60. The van der Waals surface area contributed by atoms with Gasteiger partial charge in [0.2, 0.25) is 5.91 Å². The summed E-state index contributed by atoms with van der Waals surface area (Å²) in [6.45, 7) is 3.86. The van der Waals surface area contributed by atoms with Gasteiger partial charge in [-0.05, 0) is 38.9 Å². The van der Waals surface area contributed by atoms with Crippen LogP contribution in [0.25, 0.3) is 0 Å². The molecule has 1 aromatic rings. The summed E-state index contributed by atoms with van der Waals surface area (Å²) < 4.78 is 5.49. The molecule has 0 atom stereocenters. The molecule has 1 amide bonds. The van der Waals surface area contributed by atoms with Gasteiger partial charge in [-0.3, -0.25) is 14.5 Å². The highest BCUT2D eigenvalue weighted by atomic mass is 16.4. The molecule has 0 spiro atoms. The summed E-state index contributed by atoms with van der Waals surface area (Å²) in [7, 11) is 1.87. The quantitative estimate of drug-likeness (QED) is 0.887. The zero-order valence-electron chi connectivity index (χ0n) is 12.5. The summed E-state index contributed by atoms with van der Waals surface area (Å²) >= 11 is 0. The number of aliphatic carboxylic acids is 1. The number of carboxylic acids is 1. The van der Waals surface area contributed by atoms with Crippen LogP contribution in [-0.4, -0.2) is 53.5 Å². The number of furan rings is 1. The average molecular weight is 294 g/mol. The van der Waals surface area contributed by atoms with Crippen molar-refractivity contribution in [2.24, 2.45) is 5.92 Å². The number of carbonyl (C=O) groups excluding carboxylic acids is 1. The number of carbonyl (C=O) groups is 2. The molecular weight excluding hydrogens is 272 g/mol. The van der Waals surface area contributed by atoms with E-state index in [2.05, 4.69) is 0 Å². The van der Waals surface area contributed by atoms with Crippen LogP contribution in [0.3, 0.4) is 0 Å². The summed E-state index contributed by atoms with van der Waals surface area (Å²) in [5.41, 5.74) is 0. The Labute approximate surface area is 124 Å². The molecule has 2 heterocycles. The zero-order chi connectivity index (χ0) is 15.4. The Bertz CT molecular complexity index is 504. The molecule has 6 heteroatoms. The number of carboxylic acid groups (broad SMARTS) is 1. The monoisotopic (exact) mass is 294 g/mol. The predicted octanol–water partition coefficient (Wildman–Crippen LogP) is 1.34.